The third-order valence-electron chi connectivity index (χ3n) is 4.46. The van der Waals surface area contributed by atoms with E-state index in [-0.39, 0.29) is 17.7 Å². The van der Waals surface area contributed by atoms with Gasteiger partial charge in [0.1, 0.15) is 0 Å². The van der Waals surface area contributed by atoms with Crippen molar-refractivity contribution in [3.8, 4) is 0 Å². The van der Waals surface area contributed by atoms with Gasteiger partial charge in [-0.3, -0.25) is 4.79 Å². The molecule has 0 fully saturated rings. The number of rotatable bonds is 6. The van der Waals surface area contributed by atoms with Gasteiger partial charge in [0, 0.05) is 17.4 Å². The molecule has 6 nitrogen and oxygen atoms in total. The fourth-order valence-electron chi connectivity index (χ4n) is 3.24. The van der Waals surface area contributed by atoms with Gasteiger partial charge in [0.2, 0.25) is 11.8 Å². The molecular weight excluding hydrogens is 360 g/mol. The quantitative estimate of drug-likeness (QED) is 0.657. The predicted molar refractivity (Wildman–Crippen MR) is 106 cm³/mol. The minimum Gasteiger partial charge on any atom is -0.414 e. The molecule has 0 spiro atoms. The summed E-state index contributed by atoms with van der Waals surface area (Å²) >= 11 is 1.28. The molecule has 2 heterocycles. The van der Waals surface area contributed by atoms with Gasteiger partial charge in [0.25, 0.3) is 5.22 Å². The zero-order valence-corrected chi connectivity index (χ0v) is 15.8. The summed E-state index contributed by atoms with van der Waals surface area (Å²) in [6.45, 7) is 2.52. The number of fused-ring (bicyclic) bond motifs is 1. The standard InChI is InChI=1S/C20H20N4O2S/c1-14-11-15-7-5-6-10-17(15)24(14)19(25)13-27-20-23-22-18(26-20)12-21-16-8-3-2-4-9-16/h2-10,14,21H,11-13H2,1H3/t14-/m0/s1. The Kier molecular flexibility index (Phi) is 5.11. The molecule has 1 atom stereocenters. The predicted octanol–water partition coefficient (Wildman–Crippen LogP) is 3.75. The monoisotopic (exact) mass is 380 g/mol. The molecule has 1 amide bonds. The van der Waals surface area contributed by atoms with E-state index in [1.165, 1.54) is 17.3 Å². The molecule has 1 aliphatic heterocycles. The van der Waals surface area contributed by atoms with Gasteiger partial charge in [-0.25, -0.2) is 0 Å². The van der Waals surface area contributed by atoms with Crippen LogP contribution in [0.3, 0.4) is 0 Å². The minimum atomic E-state index is 0.0552. The minimum absolute atomic E-state index is 0.0552. The van der Waals surface area contributed by atoms with E-state index in [4.69, 9.17) is 4.42 Å². The van der Waals surface area contributed by atoms with Crippen LogP contribution in [0.15, 0.2) is 64.2 Å². The number of hydrogen-bond acceptors (Lipinski definition) is 6. The van der Waals surface area contributed by atoms with Crippen LogP contribution in [0.4, 0.5) is 11.4 Å². The zero-order chi connectivity index (χ0) is 18.6. The normalized spacial score (nSPS) is 15.6. The first kappa shape index (κ1) is 17.6. The Balaban J connectivity index is 1.33. The Bertz CT molecular complexity index is 928. The lowest BCUT2D eigenvalue weighted by Gasteiger charge is -2.22. The molecule has 0 saturated carbocycles. The Morgan fingerprint density at radius 2 is 1.96 bits per heavy atom. The van der Waals surface area contributed by atoms with Crippen molar-refractivity contribution in [2.24, 2.45) is 0 Å². The molecule has 138 valence electrons. The van der Waals surface area contributed by atoms with Crippen LogP contribution in [0.2, 0.25) is 0 Å². The van der Waals surface area contributed by atoms with Crippen LogP contribution in [-0.4, -0.2) is 27.9 Å². The van der Waals surface area contributed by atoms with Crippen molar-refractivity contribution in [3.63, 3.8) is 0 Å². The molecule has 27 heavy (non-hydrogen) atoms. The van der Waals surface area contributed by atoms with E-state index >= 15 is 0 Å². The molecule has 0 radical (unpaired) electrons. The van der Waals surface area contributed by atoms with Crippen LogP contribution in [0, 0.1) is 0 Å². The van der Waals surface area contributed by atoms with Gasteiger partial charge >= 0.3 is 0 Å². The number of amides is 1. The van der Waals surface area contributed by atoms with E-state index in [1.807, 2.05) is 53.4 Å². The Morgan fingerprint density at radius 1 is 1.19 bits per heavy atom. The maximum Gasteiger partial charge on any atom is 0.277 e. The maximum absolute atomic E-state index is 12.7. The fraction of sp³-hybridized carbons (Fsp3) is 0.250. The summed E-state index contributed by atoms with van der Waals surface area (Å²) < 4.78 is 5.62. The topological polar surface area (TPSA) is 71.3 Å². The van der Waals surface area contributed by atoms with E-state index in [2.05, 4.69) is 28.5 Å². The summed E-state index contributed by atoms with van der Waals surface area (Å²) in [7, 11) is 0. The molecule has 7 heteroatoms. The summed E-state index contributed by atoms with van der Waals surface area (Å²) in [4.78, 5) is 14.6. The zero-order valence-electron chi connectivity index (χ0n) is 15.0. The number of nitrogens with zero attached hydrogens (tertiary/aromatic N) is 3. The highest BCUT2D eigenvalue weighted by atomic mass is 32.2. The number of aromatic nitrogens is 2. The van der Waals surface area contributed by atoms with Crippen molar-refractivity contribution >= 4 is 29.0 Å². The summed E-state index contributed by atoms with van der Waals surface area (Å²) in [6, 6.07) is 18.1. The van der Waals surface area contributed by atoms with E-state index in [1.54, 1.807) is 0 Å². The second kappa shape index (κ2) is 7.84. The van der Waals surface area contributed by atoms with Crippen LogP contribution in [-0.2, 0) is 17.8 Å². The number of para-hydroxylation sites is 2. The molecule has 1 aromatic heterocycles. The molecule has 0 unspecified atom stereocenters. The lowest BCUT2D eigenvalue weighted by atomic mass is 10.1. The molecular formula is C20H20N4O2S. The van der Waals surface area contributed by atoms with E-state index in [9.17, 15) is 4.79 Å². The lowest BCUT2D eigenvalue weighted by molar-refractivity contribution is -0.116. The van der Waals surface area contributed by atoms with Gasteiger partial charge < -0.3 is 14.6 Å². The van der Waals surface area contributed by atoms with E-state index in [0.29, 0.717) is 17.7 Å². The number of anilines is 2. The molecule has 1 aliphatic rings. The average molecular weight is 380 g/mol. The third kappa shape index (κ3) is 3.98. The molecule has 4 rings (SSSR count). The number of benzene rings is 2. The molecule has 0 bridgehead atoms. The smallest absolute Gasteiger partial charge is 0.277 e. The van der Waals surface area contributed by atoms with Gasteiger partial charge in [-0.1, -0.05) is 48.2 Å². The van der Waals surface area contributed by atoms with Crippen LogP contribution in [0.5, 0.6) is 0 Å². The van der Waals surface area contributed by atoms with Gasteiger partial charge in [0.15, 0.2) is 0 Å². The second-order valence-electron chi connectivity index (χ2n) is 6.42. The average Bonchev–Trinajstić information content (AvgIpc) is 3.28. The molecule has 1 N–H and O–H groups in total. The molecule has 0 aliphatic carbocycles. The first-order chi connectivity index (χ1) is 13.2. The van der Waals surface area contributed by atoms with Gasteiger partial charge in [-0.15, -0.1) is 10.2 Å². The first-order valence-electron chi connectivity index (χ1n) is 8.85. The Morgan fingerprint density at radius 3 is 2.81 bits per heavy atom. The van der Waals surface area contributed by atoms with Crippen molar-refractivity contribution < 1.29 is 9.21 Å². The summed E-state index contributed by atoms with van der Waals surface area (Å²) in [5.41, 5.74) is 3.21. The highest BCUT2D eigenvalue weighted by Crippen LogP contribution is 2.32. The van der Waals surface area contributed by atoms with Crippen molar-refractivity contribution in [1.82, 2.24) is 10.2 Å². The second-order valence-corrected chi connectivity index (χ2v) is 7.34. The summed E-state index contributed by atoms with van der Waals surface area (Å²) in [5.74, 6) is 0.820. The van der Waals surface area contributed by atoms with Crippen LogP contribution in [0.25, 0.3) is 0 Å². The number of hydrogen-bond donors (Lipinski definition) is 1. The van der Waals surface area contributed by atoms with Crippen molar-refractivity contribution in [2.75, 3.05) is 16.0 Å². The van der Waals surface area contributed by atoms with Crippen LogP contribution in [0.1, 0.15) is 18.4 Å². The fourth-order valence-corrected chi connectivity index (χ4v) is 3.88. The van der Waals surface area contributed by atoms with Gasteiger partial charge in [-0.2, -0.15) is 0 Å². The number of carbonyl (C=O) groups excluding carboxylic acids is 1. The van der Waals surface area contributed by atoms with Crippen molar-refractivity contribution in [3.05, 3.63) is 66.1 Å². The summed E-state index contributed by atoms with van der Waals surface area (Å²) in [5, 5.41) is 11.7. The highest BCUT2D eigenvalue weighted by Gasteiger charge is 2.30. The van der Waals surface area contributed by atoms with E-state index < -0.39 is 0 Å². The number of carbonyl (C=O) groups is 1. The van der Waals surface area contributed by atoms with Crippen molar-refractivity contribution in [1.29, 1.82) is 0 Å². The number of thioether (sulfide) groups is 1. The largest absolute Gasteiger partial charge is 0.414 e. The lowest BCUT2D eigenvalue weighted by Crippen LogP contribution is -2.36. The Hall–Kier alpha value is -2.80. The van der Waals surface area contributed by atoms with Crippen LogP contribution < -0.4 is 10.2 Å². The molecule has 2 aromatic carbocycles. The maximum atomic E-state index is 12.7. The highest BCUT2D eigenvalue weighted by molar-refractivity contribution is 7.99. The number of nitrogens with one attached hydrogen (secondary N) is 1. The first-order valence-corrected chi connectivity index (χ1v) is 9.83. The van der Waals surface area contributed by atoms with E-state index in [0.717, 1.165) is 17.8 Å². The van der Waals surface area contributed by atoms with Gasteiger partial charge in [0.05, 0.1) is 12.3 Å². The van der Waals surface area contributed by atoms with Crippen molar-refractivity contribution in [2.45, 2.75) is 31.2 Å². The SMILES string of the molecule is C[C@H]1Cc2ccccc2N1C(=O)CSc1nnc(CNc2ccccc2)o1. The summed E-state index contributed by atoms with van der Waals surface area (Å²) in [6.07, 6.45) is 0.891. The van der Waals surface area contributed by atoms with Crippen LogP contribution >= 0.6 is 11.8 Å². The molecule has 3 aromatic rings. The molecule has 0 saturated heterocycles. The third-order valence-corrected chi connectivity index (χ3v) is 5.26. The Labute approximate surface area is 162 Å². The van der Waals surface area contributed by atoms with Gasteiger partial charge in [-0.05, 0) is 37.1 Å².